The van der Waals surface area contributed by atoms with Crippen LogP contribution in [0.2, 0.25) is 0 Å². The zero-order valence-corrected chi connectivity index (χ0v) is 18.3. The van der Waals surface area contributed by atoms with Crippen molar-refractivity contribution in [1.29, 1.82) is 0 Å². The second-order valence-electron chi connectivity index (χ2n) is 8.16. The number of esters is 1. The van der Waals surface area contributed by atoms with Crippen LogP contribution in [-0.4, -0.2) is 30.4 Å². The van der Waals surface area contributed by atoms with Gasteiger partial charge in [-0.05, 0) is 40.5 Å². The van der Waals surface area contributed by atoms with E-state index in [2.05, 4.69) is 31.4 Å². The van der Waals surface area contributed by atoms with Crippen LogP contribution in [0.5, 0.6) is 0 Å². The van der Waals surface area contributed by atoms with E-state index in [1.165, 1.54) is 11.3 Å². The average molecular weight is 417 g/mol. The quantitative estimate of drug-likeness (QED) is 0.669. The summed E-state index contributed by atoms with van der Waals surface area (Å²) in [6, 6.07) is 10.2. The summed E-state index contributed by atoms with van der Waals surface area (Å²) in [5.41, 5.74) is 1.81. The van der Waals surface area contributed by atoms with Gasteiger partial charge in [-0.25, -0.2) is 4.79 Å². The van der Waals surface area contributed by atoms with Crippen LogP contribution < -0.4 is 10.6 Å². The number of carbonyl (C=O) groups is 3. The van der Waals surface area contributed by atoms with Crippen molar-refractivity contribution in [3.05, 3.63) is 52.2 Å². The molecule has 0 aliphatic heterocycles. The number of rotatable bonds is 7. The predicted octanol–water partition coefficient (Wildman–Crippen LogP) is 3.98. The lowest BCUT2D eigenvalue weighted by atomic mass is 9.87. The van der Waals surface area contributed by atoms with Gasteiger partial charge < -0.3 is 15.4 Å². The Kier molecular flexibility index (Phi) is 7.56. The lowest BCUT2D eigenvalue weighted by Gasteiger charge is -2.20. The Hall–Kier alpha value is -2.67. The van der Waals surface area contributed by atoms with Crippen LogP contribution in [0.3, 0.4) is 0 Å². The molecule has 0 spiro atoms. The highest BCUT2D eigenvalue weighted by Crippen LogP contribution is 2.23. The molecule has 0 saturated carbocycles. The molecular weight excluding hydrogens is 388 g/mol. The number of nitrogens with one attached hydrogen (secondary N) is 2. The first kappa shape index (κ1) is 22.6. The number of hydrogen-bond donors (Lipinski definition) is 2. The molecule has 1 aromatic heterocycles. The molecule has 1 aromatic carbocycles. The molecule has 1 heterocycles. The molecule has 7 heteroatoms. The van der Waals surface area contributed by atoms with Gasteiger partial charge in [0.1, 0.15) is 6.04 Å². The summed E-state index contributed by atoms with van der Waals surface area (Å²) in [6.07, 6.45) is 0. The SMILES string of the molecule is CC(C)[C@H](NC(=O)c1cccs1)C(=O)OCC(=O)Nc1ccc(C(C)(C)C)cc1. The highest BCUT2D eigenvalue weighted by Gasteiger charge is 2.27. The van der Waals surface area contributed by atoms with Gasteiger partial charge in [0.2, 0.25) is 0 Å². The summed E-state index contributed by atoms with van der Waals surface area (Å²) < 4.78 is 5.13. The summed E-state index contributed by atoms with van der Waals surface area (Å²) in [4.78, 5) is 37.2. The topological polar surface area (TPSA) is 84.5 Å². The van der Waals surface area contributed by atoms with Gasteiger partial charge in [-0.3, -0.25) is 9.59 Å². The van der Waals surface area contributed by atoms with Gasteiger partial charge in [-0.1, -0.05) is 52.8 Å². The standard InChI is InChI=1S/C22H28N2O4S/c1-14(2)19(24-20(26)17-7-6-12-29-17)21(27)28-13-18(25)23-16-10-8-15(9-11-16)22(3,4)5/h6-12,14,19H,13H2,1-5H3,(H,23,25)(H,24,26)/t19-/m0/s1. The highest BCUT2D eigenvalue weighted by molar-refractivity contribution is 7.12. The lowest BCUT2D eigenvalue weighted by molar-refractivity contribution is -0.150. The zero-order chi connectivity index (χ0) is 21.6. The maximum atomic E-state index is 12.4. The van der Waals surface area contributed by atoms with E-state index in [4.69, 9.17) is 4.74 Å². The van der Waals surface area contributed by atoms with Crippen molar-refractivity contribution in [2.24, 2.45) is 5.92 Å². The molecule has 0 aliphatic rings. The van der Waals surface area contributed by atoms with Crippen molar-refractivity contribution in [3.8, 4) is 0 Å². The molecule has 2 rings (SSSR count). The molecule has 0 radical (unpaired) electrons. The maximum absolute atomic E-state index is 12.4. The highest BCUT2D eigenvalue weighted by atomic mass is 32.1. The van der Waals surface area contributed by atoms with Gasteiger partial charge >= 0.3 is 5.97 Å². The Labute approximate surface area is 175 Å². The first-order valence-electron chi connectivity index (χ1n) is 9.49. The van der Waals surface area contributed by atoms with Crippen molar-refractivity contribution in [1.82, 2.24) is 5.32 Å². The molecule has 0 aliphatic carbocycles. The fraction of sp³-hybridized carbons (Fsp3) is 0.409. The first-order chi connectivity index (χ1) is 13.6. The predicted molar refractivity (Wildman–Crippen MR) is 115 cm³/mol. The Bertz CT molecular complexity index is 837. The van der Waals surface area contributed by atoms with Crippen molar-refractivity contribution >= 4 is 34.8 Å². The molecule has 2 amide bonds. The smallest absolute Gasteiger partial charge is 0.329 e. The summed E-state index contributed by atoms with van der Waals surface area (Å²) in [7, 11) is 0. The second-order valence-corrected chi connectivity index (χ2v) is 9.10. The number of ether oxygens (including phenoxy) is 1. The van der Waals surface area contributed by atoms with Crippen LogP contribution in [-0.2, 0) is 19.7 Å². The molecule has 6 nitrogen and oxygen atoms in total. The number of anilines is 1. The third kappa shape index (κ3) is 6.71. The van der Waals surface area contributed by atoms with Gasteiger partial charge in [-0.15, -0.1) is 11.3 Å². The molecule has 0 unspecified atom stereocenters. The van der Waals surface area contributed by atoms with Crippen LogP contribution in [0, 0.1) is 5.92 Å². The average Bonchev–Trinajstić information content (AvgIpc) is 3.18. The monoisotopic (exact) mass is 416 g/mol. The second kappa shape index (κ2) is 9.69. The summed E-state index contributed by atoms with van der Waals surface area (Å²) in [6.45, 7) is 9.53. The van der Waals surface area contributed by atoms with Crippen LogP contribution in [0.15, 0.2) is 41.8 Å². The number of benzene rings is 1. The number of amides is 2. The Balaban J connectivity index is 1.88. The van der Waals surface area contributed by atoms with Crippen LogP contribution in [0.4, 0.5) is 5.69 Å². The normalized spacial score (nSPS) is 12.3. The van der Waals surface area contributed by atoms with Crippen molar-refractivity contribution in [3.63, 3.8) is 0 Å². The fourth-order valence-corrected chi connectivity index (χ4v) is 3.22. The molecule has 156 valence electrons. The molecule has 1 atom stereocenters. The minimum Gasteiger partial charge on any atom is -0.454 e. The lowest BCUT2D eigenvalue weighted by Crippen LogP contribution is -2.45. The minimum atomic E-state index is -0.830. The van der Waals surface area contributed by atoms with Crippen molar-refractivity contribution in [2.45, 2.75) is 46.1 Å². The third-order valence-corrected chi connectivity index (χ3v) is 5.20. The van der Waals surface area contributed by atoms with E-state index < -0.39 is 24.5 Å². The Morgan fingerprint density at radius 1 is 1.07 bits per heavy atom. The molecule has 0 fully saturated rings. The summed E-state index contributed by atoms with van der Waals surface area (Å²) >= 11 is 1.29. The maximum Gasteiger partial charge on any atom is 0.329 e. The third-order valence-electron chi connectivity index (χ3n) is 4.33. The van der Waals surface area contributed by atoms with Gasteiger partial charge in [-0.2, -0.15) is 0 Å². The first-order valence-corrected chi connectivity index (χ1v) is 10.4. The van der Waals surface area contributed by atoms with Crippen LogP contribution >= 0.6 is 11.3 Å². The van der Waals surface area contributed by atoms with E-state index in [1.54, 1.807) is 31.4 Å². The number of hydrogen-bond acceptors (Lipinski definition) is 5. The van der Waals surface area contributed by atoms with Gasteiger partial charge in [0.05, 0.1) is 4.88 Å². The summed E-state index contributed by atoms with van der Waals surface area (Å²) in [5, 5.41) is 7.17. The van der Waals surface area contributed by atoms with Crippen molar-refractivity contribution in [2.75, 3.05) is 11.9 Å². The molecule has 29 heavy (non-hydrogen) atoms. The van der Waals surface area contributed by atoms with Crippen LogP contribution in [0.25, 0.3) is 0 Å². The van der Waals surface area contributed by atoms with E-state index >= 15 is 0 Å². The molecule has 0 saturated heterocycles. The fourth-order valence-electron chi connectivity index (χ4n) is 2.59. The summed E-state index contributed by atoms with van der Waals surface area (Å²) in [5.74, 6) is -1.59. The number of thiophene rings is 1. The number of carbonyl (C=O) groups excluding carboxylic acids is 3. The molecule has 2 N–H and O–H groups in total. The van der Waals surface area contributed by atoms with E-state index in [0.717, 1.165) is 5.56 Å². The van der Waals surface area contributed by atoms with Crippen LogP contribution in [0.1, 0.15) is 49.9 Å². The van der Waals surface area contributed by atoms with E-state index in [9.17, 15) is 14.4 Å². The van der Waals surface area contributed by atoms with Crippen molar-refractivity contribution < 1.29 is 19.1 Å². The Morgan fingerprint density at radius 2 is 1.72 bits per heavy atom. The van der Waals surface area contributed by atoms with E-state index in [1.807, 2.05) is 24.3 Å². The minimum absolute atomic E-state index is 0.0253. The van der Waals surface area contributed by atoms with Gasteiger partial charge in [0.25, 0.3) is 11.8 Å². The largest absolute Gasteiger partial charge is 0.454 e. The van der Waals surface area contributed by atoms with E-state index in [-0.39, 0.29) is 17.2 Å². The molecule has 0 bridgehead atoms. The molecular formula is C22H28N2O4S. The van der Waals surface area contributed by atoms with E-state index in [0.29, 0.717) is 10.6 Å². The van der Waals surface area contributed by atoms with Gasteiger partial charge in [0.15, 0.2) is 6.61 Å². The Morgan fingerprint density at radius 3 is 2.24 bits per heavy atom. The van der Waals surface area contributed by atoms with Gasteiger partial charge in [0, 0.05) is 5.69 Å². The zero-order valence-electron chi connectivity index (χ0n) is 17.4. The molecule has 2 aromatic rings.